The van der Waals surface area contributed by atoms with Crippen LogP contribution in [0.5, 0.6) is 0 Å². The molecule has 2 N–H and O–H groups in total. The third-order valence-electron chi connectivity index (χ3n) is 7.41. The maximum Gasteiger partial charge on any atom is 0.338 e. The third kappa shape index (κ3) is 5.73. The van der Waals surface area contributed by atoms with Gasteiger partial charge in [0.25, 0.3) is 5.91 Å². The number of carbonyl (C=O) groups is 4. The fourth-order valence-electron chi connectivity index (χ4n) is 5.38. The number of hydrogen-bond acceptors (Lipinski definition) is 7. The molecule has 0 aliphatic carbocycles. The van der Waals surface area contributed by atoms with Crippen molar-refractivity contribution in [2.24, 2.45) is 0 Å². The zero-order valence-corrected chi connectivity index (χ0v) is 22.7. The quantitative estimate of drug-likeness (QED) is 0.513. The van der Waals surface area contributed by atoms with Gasteiger partial charge in [0.15, 0.2) is 0 Å². The first-order valence-electron chi connectivity index (χ1n) is 13.5. The molecule has 3 aliphatic rings. The highest BCUT2D eigenvalue weighted by molar-refractivity contribution is 5.96. The van der Waals surface area contributed by atoms with Crippen molar-refractivity contribution < 1.29 is 23.9 Å². The molecule has 0 bridgehead atoms. The Bertz CT molecular complexity index is 1290. The first kappa shape index (κ1) is 27.0. The number of urea groups is 1. The SMILES string of the molecule is CCOC(=O)c1ccc(NC(=O)NC(C(=O)N2CCC(N3CN4CN(C)C=C4C3=O)CC2)c2ccccc2)cc1. The van der Waals surface area contributed by atoms with E-state index in [2.05, 4.69) is 15.5 Å². The van der Waals surface area contributed by atoms with Gasteiger partial charge in [0.05, 0.1) is 25.5 Å². The van der Waals surface area contributed by atoms with Crippen molar-refractivity contribution in [1.82, 2.24) is 24.9 Å². The second-order valence-electron chi connectivity index (χ2n) is 10.2. The Morgan fingerprint density at radius 3 is 2.35 bits per heavy atom. The highest BCUT2D eigenvalue weighted by atomic mass is 16.5. The maximum atomic E-state index is 13.7. The van der Waals surface area contributed by atoms with Crippen LogP contribution in [0, 0.1) is 0 Å². The Balaban J connectivity index is 1.21. The lowest BCUT2D eigenvalue weighted by Crippen LogP contribution is -2.51. The standard InChI is InChI=1S/C29H34N6O5/c1-3-40-28(38)21-9-11-22(12-10-21)30-29(39)31-25(20-7-5-4-6-8-20)27(37)33-15-13-23(14-16-33)35-19-34-18-32(2)17-24(34)26(35)36/h4-12,17,23,25H,3,13-16,18-19H2,1-2H3,(H2,30,31,39). The monoisotopic (exact) mass is 546 g/mol. The molecule has 0 spiro atoms. The molecule has 0 radical (unpaired) electrons. The number of amides is 4. The molecule has 11 heteroatoms. The molecule has 0 aromatic heterocycles. The van der Waals surface area contributed by atoms with Crippen LogP contribution in [0.4, 0.5) is 10.5 Å². The van der Waals surface area contributed by atoms with Gasteiger partial charge in [-0.2, -0.15) is 0 Å². The van der Waals surface area contributed by atoms with E-state index in [0.29, 0.717) is 56.1 Å². The topological polar surface area (TPSA) is 115 Å². The fourth-order valence-corrected chi connectivity index (χ4v) is 5.38. The predicted octanol–water partition coefficient (Wildman–Crippen LogP) is 2.56. The highest BCUT2D eigenvalue weighted by Gasteiger charge is 2.41. The number of rotatable bonds is 7. The molecular weight excluding hydrogens is 512 g/mol. The Morgan fingerprint density at radius 1 is 1.00 bits per heavy atom. The van der Waals surface area contributed by atoms with Crippen LogP contribution in [0.2, 0.25) is 0 Å². The van der Waals surface area contributed by atoms with E-state index in [9.17, 15) is 19.2 Å². The Kier molecular flexibility index (Phi) is 7.90. The molecule has 210 valence electrons. The molecule has 2 saturated heterocycles. The number of carbonyl (C=O) groups excluding carboxylic acids is 4. The molecule has 40 heavy (non-hydrogen) atoms. The summed E-state index contributed by atoms with van der Waals surface area (Å²) in [5.41, 5.74) is 2.26. The zero-order chi connectivity index (χ0) is 28.2. The van der Waals surface area contributed by atoms with Crippen LogP contribution in [0.1, 0.15) is 41.7 Å². The molecule has 2 aromatic rings. The number of anilines is 1. The molecular formula is C29H34N6O5. The summed E-state index contributed by atoms with van der Waals surface area (Å²) in [4.78, 5) is 59.2. The van der Waals surface area contributed by atoms with Gasteiger partial charge in [-0.25, -0.2) is 9.59 Å². The summed E-state index contributed by atoms with van der Waals surface area (Å²) in [6, 6.07) is 14.1. The second-order valence-corrected chi connectivity index (χ2v) is 10.2. The fraction of sp³-hybridized carbons (Fsp3) is 0.379. The summed E-state index contributed by atoms with van der Waals surface area (Å²) >= 11 is 0. The minimum absolute atomic E-state index is 0.0462. The summed E-state index contributed by atoms with van der Waals surface area (Å²) in [5, 5.41) is 5.56. The zero-order valence-electron chi connectivity index (χ0n) is 22.7. The number of hydrogen-bond donors (Lipinski definition) is 2. The summed E-state index contributed by atoms with van der Waals surface area (Å²) in [6.07, 6.45) is 3.24. The molecule has 11 nitrogen and oxygen atoms in total. The van der Waals surface area contributed by atoms with Crippen molar-refractivity contribution in [3.05, 3.63) is 77.6 Å². The smallest absolute Gasteiger partial charge is 0.338 e. The number of esters is 1. The van der Waals surface area contributed by atoms with Gasteiger partial charge < -0.3 is 35.0 Å². The lowest BCUT2D eigenvalue weighted by Gasteiger charge is -2.38. The van der Waals surface area contributed by atoms with Gasteiger partial charge in [-0.15, -0.1) is 0 Å². The Morgan fingerprint density at radius 2 is 1.70 bits per heavy atom. The predicted molar refractivity (Wildman–Crippen MR) is 148 cm³/mol. The lowest BCUT2D eigenvalue weighted by atomic mass is 10.0. The van der Waals surface area contributed by atoms with Gasteiger partial charge in [0.2, 0.25) is 5.91 Å². The van der Waals surface area contributed by atoms with Crippen LogP contribution >= 0.6 is 0 Å². The van der Waals surface area contributed by atoms with E-state index >= 15 is 0 Å². The van der Waals surface area contributed by atoms with E-state index in [1.165, 1.54) is 0 Å². The maximum absolute atomic E-state index is 13.7. The molecule has 3 aliphatic heterocycles. The third-order valence-corrected chi connectivity index (χ3v) is 7.41. The second kappa shape index (κ2) is 11.7. The normalized spacial score (nSPS) is 17.9. The highest BCUT2D eigenvalue weighted by Crippen LogP contribution is 2.29. The van der Waals surface area contributed by atoms with Crippen LogP contribution in [0.3, 0.4) is 0 Å². The lowest BCUT2D eigenvalue weighted by molar-refractivity contribution is -0.135. The van der Waals surface area contributed by atoms with Crippen LogP contribution in [-0.4, -0.2) is 89.5 Å². The first-order chi connectivity index (χ1) is 19.3. The molecule has 0 saturated carbocycles. The number of ether oxygens (including phenoxy) is 1. The number of fused-ring (bicyclic) bond motifs is 1. The van der Waals surface area contributed by atoms with E-state index < -0.39 is 18.0 Å². The van der Waals surface area contributed by atoms with Gasteiger partial charge in [-0.05, 0) is 49.6 Å². The van der Waals surface area contributed by atoms with Crippen LogP contribution in [-0.2, 0) is 14.3 Å². The van der Waals surface area contributed by atoms with Crippen LogP contribution in [0.25, 0.3) is 0 Å². The van der Waals surface area contributed by atoms with Crippen molar-refractivity contribution in [1.29, 1.82) is 0 Å². The van der Waals surface area contributed by atoms with Crippen LogP contribution in [0.15, 0.2) is 66.5 Å². The average Bonchev–Trinajstić information content (AvgIpc) is 3.48. The molecule has 4 amide bonds. The van der Waals surface area contributed by atoms with Gasteiger partial charge in [0, 0.05) is 38.1 Å². The molecule has 1 atom stereocenters. The van der Waals surface area contributed by atoms with Crippen molar-refractivity contribution in [2.45, 2.75) is 31.8 Å². The summed E-state index contributed by atoms with van der Waals surface area (Å²) in [7, 11) is 1.95. The average molecular weight is 547 g/mol. The number of benzene rings is 2. The van der Waals surface area contributed by atoms with Gasteiger partial charge >= 0.3 is 12.0 Å². The van der Waals surface area contributed by atoms with Crippen LogP contribution < -0.4 is 10.6 Å². The summed E-state index contributed by atoms with van der Waals surface area (Å²) < 4.78 is 4.99. The van der Waals surface area contributed by atoms with Gasteiger partial charge in [-0.3, -0.25) is 9.59 Å². The van der Waals surface area contributed by atoms with Crippen molar-refractivity contribution in [3.63, 3.8) is 0 Å². The van der Waals surface area contributed by atoms with E-state index in [1.54, 1.807) is 36.1 Å². The van der Waals surface area contributed by atoms with Gasteiger partial charge in [-0.1, -0.05) is 30.3 Å². The number of likely N-dealkylation sites (tertiary alicyclic amines) is 1. The summed E-state index contributed by atoms with van der Waals surface area (Å²) in [6.45, 7) is 4.28. The van der Waals surface area contributed by atoms with Crippen molar-refractivity contribution >= 4 is 29.5 Å². The molecule has 2 fully saturated rings. The number of nitrogens with one attached hydrogen (secondary N) is 2. The van der Waals surface area contributed by atoms with Gasteiger partial charge in [0.1, 0.15) is 11.7 Å². The minimum atomic E-state index is -0.879. The molecule has 2 aromatic carbocycles. The largest absolute Gasteiger partial charge is 0.462 e. The Hall–Kier alpha value is -4.54. The minimum Gasteiger partial charge on any atom is -0.462 e. The van der Waals surface area contributed by atoms with E-state index in [0.717, 1.165) is 5.70 Å². The van der Waals surface area contributed by atoms with E-state index in [4.69, 9.17) is 4.74 Å². The number of nitrogens with zero attached hydrogens (tertiary/aromatic N) is 4. The molecule has 1 unspecified atom stereocenters. The van der Waals surface area contributed by atoms with Crippen molar-refractivity contribution in [2.75, 3.05) is 45.4 Å². The molecule has 3 heterocycles. The first-order valence-corrected chi connectivity index (χ1v) is 13.5. The van der Waals surface area contributed by atoms with E-state index in [1.807, 2.05) is 53.4 Å². The Labute approximate surface area is 233 Å². The van der Waals surface area contributed by atoms with E-state index in [-0.39, 0.29) is 24.5 Å². The summed E-state index contributed by atoms with van der Waals surface area (Å²) in [5.74, 6) is -0.587. The molecule has 5 rings (SSSR count). The number of piperidine rings is 1. The van der Waals surface area contributed by atoms with Crippen molar-refractivity contribution in [3.8, 4) is 0 Å².